The predicted molar refractivity (Wildman–Crippen MR) is 86.5 cm³/mol. The van der Waals surface area contributed by atoms with Gasteiger partial charge in [0, 0.05) is 24.7 Å². The lowest BCUT2D eigenvalue weighted by molar-refractivity contribution is 0.0938. The van der Waals surface area contributed by atoms with Gasteiger partial charge >= 0.3 is 0 Å². The molecule has 21 heavy (non-hydrogen) atoms. The standard InChI is InChI=1S/C15H21N3O2S/c1-15(2,6-4-8-19)9-18-13(20)12-11(16)10-5-3-7-17-14(10)21-12/h3,5,7,19H,4,6,8-9,16H2,1-2H3,(H,18,20). The van der Waals surface area contributed by atoms with E-state index in [9.17, 15) is 4.79 Å². The SMILES string of the molecule is CC(C)(CCCO)CNC(=O)c1sc2ncccc2c1N. The maximum absolute atomic E-state index is 12.3. The van der Waals surface area contributed by atoms with Gasteiger partial charge in [-0.2, -0.15) is 0 Å². The summed E-state index contributed by atoms with van der Waals surface area (Å²) in [5.41, 5.74) is 6.48. The molecule has 0 aromatic carbocycles. The average Bonchev–Trinajstić information content (AvgIpc) is 2.81. The molecule has 0 bridgehead atoms. The summed E-state index contributed by atoms with van der Waals surface area (Å²) in [5.74, 6) is -0.160. The van der Waals surface area contributed by atoms with E-state index >= 15 is 0 Å². The van der Waals surface area contributed by atoms with E-state index in [0.29, 0.717) is 17.1 Å². The highest BCUT2D eigenvalue weighted by Gasteiger charge is 2.21. The lowest BCUT2D eigenvalue weighted by Crippen LogP contribution is -2.34. The summed E-state index contributed by atoms with van der Waals surface area (Å²) in [6.07, 6.45) is 3.28. The van der Waals surface area contributed by atoms with Crippen LogP contribution in [0.5, 0.6) is 0 Å². The molecule has 0 fully saturated rings. The van der Waals surface area contributed by atoms with Crippen molar-refractivity contribution in [3.63, 3.8) is 0 Å². The minimum atomic E-state index is -0.160. The number of nitrogens with one attached hydrogen (secondary N) is 1. The fourth-order valence-corrected chi connectivity index (χ4v) is 3.15. The molecule has 2 aromatic rings. The van der Waals surface area contributed by atoms with E-state index in [4.69, 9.17) is 10.8 Å². The van der Waals surface area contributed by atoms with Crippen LogP contribution in [0.4, 0.5) is 5.69 Å². The predicted octanol–water partition coefficient (Wildman–Crippen LogP) is 2.41. The Balaban J connectivity index is 2.07. The zero-order valence-electron chi connectivity index (χ0n) is 12.3. The van der Waals surface area contributed by atoms with Gasteiger partial charge < -0.3 is 16.2 Å². The number of aromatic nitrogens is 1. The first-order valence-electron chi connectivity index (χ1n) is 6.97. The Morgan fingerprint density at radius 2 is 2.29 bits per heavy atom. The Morgan fingerprint density at radius 1 is 1.52 bits per heavy atom. The van der Waals surface area contributed by atoms with Gasteiger partial charge in [-0.3, -0.25) is 4.79 Å². The molecule has 114 valence electrons. The van der Waals surface area contributed by atoms with Gasteiger partial charge in [0.15, 0.2) is 0 Å². The van der Waals surface area contributed by atoms with Crippen LogP contribution in [0.1, 0.15) is 36.4 Å². The number of nitrogens with two attached hydrogens (primary N) is 1. The lowest BCUT2D eigenvalue weighted by atomic mass is 9.88. The second-order valence-electron chi connectivity index (χ2n) is 5.88. The van der Waals surface area contributed by atoms with Gasteiger partial charge in [0.1, 0.15) is 9.71 Å². The van der Waals surface area contributed by atoms with E-state index in [0.717, 1.165) is 23.1 Å². The van der Waals surface area contributed by atoms with Crippen molar-refractivity contribution < 1.29 is 9.90 Å². The van der Waals surface area contributed by atoms with E-state index in [1.807, 2.05) is 12.1 Å². The Kier molecular flexibility index (Phi) is 4.80. The molecule has 0 saturated heterocycles. The number of amides is 1. The minimum Gasteiger partial charge on any atom is -0.397 e. The van der Waals surface area contributed by atoms with E-state index < -0.39 is 0 Å². The first-order chi connectivity index (χ1) is 9.94. The van der Waals surface area contributed by atoms with Gasteiger partial charge in [-0.25, -0.2) is 4.98 Å². The first kappa shape index (κ1) is 15.7. The van der Waals surface area contributed by atoms with E-state index in [1.165, 1.54) is 11.3 Å². The number of rotatable bonds is 6. The molecule has 0 saturated carbocycles. The Hall–Kier alpha value is -1.66. The van der Waals surface area contributed by atoms with Crippen molar-refractivity contribution >= 4 is 33.1 Å². The molecule has 0 atom stereocenters. The first-order valence-corrected chi connectivity index (χ1v) is 7.78. The van der Waals surface area contributed by atoms with Crippen LogP contribution in [0.15, 0.2) is 18.3 Å². The van der Waals surface area contributed by atoms with Crippen molar-refractivity contribution in [1.82, 2.24) is 10.3 Å². The number of thiophene rings is 1. The number of nitrogens with zero attached hydrogens (tertiary/aromatic N) is 1. The Labute approximate surface area is 128 Å². The summed E-state index contributed by atoms with van der Waals surface area (Å²) in [5, 5.41) is 12.7. The fourth-order valence-electron chi connectivity index (χ4n) is 2.17. The molecule has 0 radical (unpaired) electrons. The summed E-state index contributed by atoms with van der Waals surface area (Å²) in [7, 11) is 0. The molecule has 0 aliphatic heterocycles. The number of carbonyl (C=O) groups is 1. The third-order valence-electron chi connectivity index (χ3n) is 3.45. The number of aliphatic hydroxyl groups is 1. The van der Waals surface area contributed by atoms with Crippen LogP contribution in [0.2, 0.25) is 0 Å². The molecular formula is C15H21N3O2S. The third-order valence-corrected chi connectivity index (χ3v) is 4.58. The van der Waals surface area contributed by atoms with E-state index in [1.54, 1.807) is 6.20 Å². The van der Waals surface area contributed by atoms with Gasteiger partial charge in [-0.1, -0.05) is 13.8 Å². The largest absolute Gasteiger partial charge is 0.397 e. The molecule has 0 spiro atoms. The number of hydrogen-bond donors (Lipinski definition) is 3. The minimum absolute atomic E-state index is 0.0535. The molecule has 2 heterocycles. The zero-order chi connectivity index (χ0) is 15.5. The molecule has 2 rings (SSSR count). The van der Waals surface area contributed by atoms with Crippen molar-refractivity contribution in [1.29, 1.82) is 0 Å². The summed E-state index contributed by atoms with van der Waals surface area (Å²) in [4.78, 5) is 17.8. The third kappa shape index (κ3) is 3.71. The van der Waals surface area contributed by atoms with E-state index in [2.05, 4.69) is 24.1 Å². The zero-order valence-corrected chi connectivity index (χ0v) is 13.2. The van der Waals surface area contributed by atoms with Gasteiger partial charge in [0.05, 0.1) is 5.69 Å². The Morgan fingerprint density at radius 3 is 2.95 bits per heavy atom. The van der Waals surface area contributed by atoms with Gasteiger partial charge in [-0.15, -0.1) is 11.3 Å². The molecule has 6 heteroatoms. The number of hydrogen-bond acceptors (Lipinski definition) is 5. The van der Waals surface area contributed by atoms with Crippen LogP contribution < -0.4 is 11.1 Å². The van der Waals surface area contributed by atoms with Crippen molar-refractivity contribution in [3.05, 3.63) is 23.2 Å². The molecule has 0 aliphatic carbocycles. The molecule has 0 unspecified atom stereocenters. The second kappa shape index (κ2) is 6.41. The van der Waals surface area contributed by atoms with Crippen LogP contribution in [-0.4, -0.2) is 29.1 Å². The molecule has 5 nitrogen and oxygen atoms in total. The monoisotopic (exact) mass is 307 g/mol. The quantitative estimate of drug-likeness (QED) is 0.764. The average molecular weight is 307 g/mol. The lowest BCUT2D eigenvalue weighted by Gasteiger charge is -2.24. The van der Waals surface area contributed by atoms with Crippen LogP contribution in [0.25, 0.3) is 10.2 Å². The fraction of sp³-hybridized carbons (Fsp3) is 0.467. The van der Waals surface area contributed by atoms with Crippen molar-refractivity contribution in [3.8, 4) is 0 Å². The summed E-state index contributed by atoms with van der Waals surface area (Å²) < 4.78 is 0. The highest BCUT2D eigenvalue weighted by molar-refractivity contribution is 7.21. The number of pyridine rings is 1. The smallest absolute Gasteiger partial charge is 0.263 e. The van der Waals surface area contributed by atoms with Crippen LogP contribution in [0, 0.1) is 5.41 Å². The number of carbonyl (C=O) groups excluding carboxylic acids is 1. The summed E-state index contributed by atoms with van der Waals surface area (Å²) in [6.45, 7) is 4.86. The van der Waals surface area contributed by atoms with Crippen molar-refractivity contribution in [2.45, 2.75) is 26.7 Å². The summed E-state index contributed by atoms with van der Waals surface area (Å²) in [6, 6.07) is 3.68. The number of nitrogen functional groups attached to an aromatic ring is 1. The van der Waals surface area contributed by atoms with E-state index in [-0.39, 0.29) is 17.9 Å². The van der Waals surface area contributed by atoms with Gasteiger partial charge in [0.2, 0.25) is 0 Å². The molecule has 1 amide bonds. The summed E-state index contributed by atoms with van der Waals surface area (Å²) >= 11 is 1.31. The van der Waals surface area contributed by atoms with Crippen LogP contribution >= 0.6 is 11.3 Å². The highest BCUT2D eigenvalue weighted by atomic mass is 32.1. The molecular weight excluding hydrogens is 286 g/mol. The second-order valence-corrected chi connectivity index (χ2v) is 6.87. The van der Waals surface area contributed by atoms with Crippen molar-refractivity contribution in [2.24, 2.45) is 5.41 Å². The maximum atomic E-state index is 12.3. The Bertz CT molecular complexity index is 637. The van der Waals surface area contributed by atoms with Crippen LogP contribution in [-0.2, 0) is 0 Å². The highest BCUT2D eigenvalue weighted by Crippen LogP contribution is 2.32. The molecule has 0 aliphatic rings. The topological polar surface area (TPSA) is 88.2 Å². The molecule has 2 aromatic heterocycles. The number of anilines is 1. The normalized spacial score (nSPS) is 11.8. The van der Waals surface area contributed by atoms with Gasteiger partial charge in [0.25, 0.3) is 5.91 Å². The maximum Gasteiger partial charge on any atom is 0.263 e. The number of aliphatic hydroxyl groups excluding tert-OH is 1. The van der Waals surface area contributed by atoms with Crippen LogP contribution in [0.3, 0.4) is 0 Å². The van der Waals surface area contributed by atoms with Crippen molar-refractivity contribution in [2.75, 3.05) is 18.9 Å². The van der Waals surface area contributed by atoms with Gasteiger partial charge in [-0.05, 0) is 30.4 Å². The number of fused-ring (bicyclic) bond motifs is 1. The molecule has 4 N–H and O–H groups in total.